The van der Waals surface area contributed by atoms with E-state index in [2.05, 4.69) is 10.3 Å². The van der Waals surface area contributed by atoms with Crippen molar-refractivity contribution < 1.29 is 14.7 Å². The number of nitrogens with one attached hydrogen (secondary N) is 1. The predicted octanol–water partition coefficient (Wildman–Crippen LogP) is 2.89. The van der Waals surface area contributed by atoms with Crippen molar-refractivity contribution in [1.29, 1.82) is 0 Å². The van der Waals surface area contributed by atoms with Crippen LogP contribution in [0.15, 0.2) is 48.8 Å². The number of rotatable bonds is 5. The molecule has 1 saturated heterocycles. The molecule has 0 radical (unpaired) electrons. The van der Waals surface area contributed by atoms with Crippen LogP contribution < -0.4 is 5.32 Å². The van der Waals surface area contributed by atoms with Crippen LogP contribution in [0.1, 0.15) is 30.5 Å². The van der Waals surface area contributed by atoms with E-state index in [1.807, 2.05) is 24.3 Å². The number of benzene rings is 1. The first-order chi connectivity index (χ1) is 12.8. The lowest BCUT2D eigenvalue weighted by atomic mass is 9.89. The SMILES string of the molecule is CN1C(c2ccccc2Cl)C(C(=O)NCc2cccnc2)C[C@@]1(C)C(=O)O. The molecule has 1 aliphatic heterocycles. The zero-order valence-electron chi connectivity index (χ0n) is 15.2. The molecule has 2 unspecified atom stereocenters. The van der Waals surface area contributed by atoms with Crippen LogP contribution in [-0.2, 0) is 16.1 Å². The van der Waals surface area contributed by atoms with Crippen LogP contribution in [0.4, 0.5) is 0 Å². The molecule has 0 saturated carbocycles. The first-order valence-corrected chi connectivity index (χ1v) is 9.10. The molecule has 0 spiro atoms. The Hall–Kier alpha value is -2.44. The molecule has 1 aromatic carbocycles. The van der Waals surface area contributed by atoms with Gasteiger partial charge in [0.05, 0.1) is 5.92 Å². The number of likely N-dealkylation sites (tertiary alicyclic amines) is 1. The Balaban J connectivity index is 1.89. The average molecular weight is 388 g/mol. The summed E-state index contributed by atoms with van der Waals surface area (Å²) in [5.41, 5.74) is 0.487. The normalized spacial score (nSPS) is 25.3. The quantitative estimate of drug-likeness (QED) is 0.824. The van der Waals surface area contributed by atoms with E-state index in [1.165, 1.54) is 0 Å². The number of nitrogens with zero attached hydrogens (tertiary/aromatic N) is 2. The second kappa shape index (κ2) is 7.66. The number of carboxylic acids is 1. The Bertz CT molecular complexity index is 845. The highest BCUT2D eigenvalue weighted by Crippen LogP contribution is 2.47. The lowest BCUT2D eigenvalue weighted by Gasteiger charge is -2.32. The highest BCUT2D eigenvalue weighted by molar-refractivity contribution is 6.31. The van der Waals surface area contributed by atoms with Gasteiger partial charge in [0.2, 0.25) is 5.91 Å². The number of pyridine rings is 1. The van der Waals surface area contributed by atoms with Crippen molar-refractivity contribution in [2.45, 2.75) is 31.5 Å². The van der Waals surface area contributed by atoms with Crippen LogP contribution in [0.5, 0.6) is 0 Å². The number of carboxylic acid groups (broad SMARTS) is 1. The number of halogens is 1. The molecule has 7 heteroatoms. The minimum absolute atomic E-state index is 0.194. The third kappa shape index (κ3) is 3.68. The Morgan fingerprint density at radius 2 is 2.07 bits per heavy atom. The van der Waals surface area contributed by atoms with Crippen LogP contribution in [0, 0.1) is 5.92 Å². The molecule has 0 bridgehead atoms. The fraction of sp³-hybridized carbons (Fsp3) is 0.350. The summed E-state index contributed by atoms with van der Waals surface area (Å²) < 4.78 is 0. The van der Waals surface area contributed by atoms with Crippen molar-refractivity contribution >= 4 is 23.5 Å². The van der Waals surface area contributed by atoms with Crippen molar-refractivity contribution in [2.24, 2.45) is 5.92 Å². The predicted molar refractivity (Wildman–Crippen MR) is 102 cm³/mol. The Labute approximate surface area is 163 Å². The molecule has 2 heterocycles. The first kappa shape index (κ1) is 19.3. The summed E-state index contributed by atoms with van der Waals surface area (Å²) >= 11 is 6.37. The van der Waals surface area contributed by atoms with E-state index in [0.717, 1.165) is 11.1 Å². The molecule has 0 aliphatic carbocycles. The fourth-order valence-corrected chi connectivity index (χ4v) is 3.95. The van der Waals surface area contributed by atoms with Gasteiger partial charge < -0.3 is 10.4 Å². The maximum atomic E-state index is 13.0. The van der Waals surface area contributed by atoms with Crippen molar-refractivity contribution in [2.75, 3.05) is 7.05 Å². The molecule has 1 amide bonds. The van der Waals surface area contributed by atoms with E-state index < -0.39 is 23.5 Å². The lowest BCUT2D eigenvalue weighted by Crippen LogP contribution is -2.46. The number of carbonyl (C=O) groups excluding carboxylic acids is 1. The molecule has 1 fully saturated rings. The van der Waals surface area contributed by atoms with Crippen LogP contribution in [-0.4, -0.2) is 39.5 Å². The maximum absolute atomic E-state index is 13.0. The summed E-state index contributed by atoms with van der Waals surface area (Å²) in [6, 6.07) is 10.5. The molecule has 1 aromatic heterocycles. The second-order valence-electron chi connectivity index (χ2n) is 7.05. The maximum Gasteiger partial charge on any atom is 0.323 e. The fourth-order valence-electron chi connectivity index (χ4n) is 3.70. The summed E-state index contributed by atoms with van der Waals surface area (Å²) in [6.45, 7) is 1.99. The van der Waals surface area contributed by atoms with Crippen LogP contribution in [0.3, 0.4) is 0 Å². The lowest BCUT2D eigenvalue weighted by molar-refractivity contribution is -0.148. The first-order valence-electron chi connectivity index (χ1n) is 8.72. The molecular formula is C20H22ClN3O3. The van der Waals surface area contributed by atoms with Gasteiger partial charge in [-0.1, -0.05) is 35.9 Å². The van der Waals surface area contributed by atoms with E-state index in [9.17, 15) is 14.7 Å². The van der Waals surface area contributed by atoms with Gasteiger partial charge in [-0.3, -0.25) is 19.5 Å². The van der Waals surface area contributed by atoms with Crippen molar-refractivity contribution in [3.8, 4) is 0 Å². The summed E-state index contributed by atoms with van der Waals surface area (Å²) in [7, 11) is 1.73. The monoisotopic (exact) mass is 387 g/mol. The number of carbonyl (C=O) groups is 2. The third-order valence-corrected chi connectivity index (χ3v) is 5.75. The zero-order valence-corrected chi connectivity index (χ0v) is 16.0. The van der Waals surface area contributed by atoms with E-state index >= 15 is 0 Å². The number of amides is 1. The number of aliphatic carboxylic acids is 1. The minimum atomic E-state index is -1.15. The van der Waals surface area contributed by atoms with Crippen molar-refractivity contribution in [3.05, 3.63) is 64.9 Å². The average Bonchev–Trinajstić information content (AvgIpc) is 2.94. The number of aromatic nitrogens is 1. The van der Waals surface area contributed by atoms with Crippen LogP contribution in [0.25, 0.3) is 0 Å². The van der Waals surface area contributed by atoms with Gasteiger partial charge in [-0.25, -0.2) is 0 Å². The summed E-state index contributed by atoms with van der Waals surface area (Å²) in [5, 5.41) is 13.2. The van der Waals surface area contributed by atoms with Gasteiger partial charge in [-0.05, 0) is 43.7 Å². The summed E-state index contributed by atoms with van der Waals surface area (Å²) in [5.74, 6) is -1.68. The third-order valence-electron chi connectivity index (χ3n) is 5.41. The van der Waals surface area contributed by atoms with Gasteiger partial charge in [0, 0.05) is 30.0 Å². The number of hydrogen-bond donors (Lipinski definition) is 2. The van der Waals surface area contributed by atoms with Gasteiger partial charge in [-0.2, -0.15) is 0 Å². The molecule has 1 aliphatic rings. The van der Waals surface area contributed by atoms with Crippen molar-refractivity contribution in [3.63, 3.8) is 0 Å². The Morgan fingerprint density at radius 3 is 2.70 bits per heavy atom. The van der Waals surface area contributed by atoms with Crippen molar-refractivity contribution in [1.82, 2.24) is 15.2 Å². The summed E-state index contributed by atoms with van der Waals surface area (Å²) in [4.78, 5) is 30.7. The molecule has 2 N–H and O–H groups in total. The van der Waals surface area contributed by atoms with E-state index in [-0.39, 0.29) is 12.3 Å². The molecule has 27 heavy (non-hydrogen) atoms. The minimum Gasteiger partial charge on any atom is -0.480 e. The largest absolute Gasteiger partial charge is 0.480 e. The van der Waals surface area contributed by atoms with Gasteiger partial charge in [0.15, 0.2) is 0 Å². The highest BCUT2D eigenvalue weighted by Gasteiger charge is 2.54. The molecular weight excluding hydrogens is 366 g/mol. The van der Waals surface area contributed by atoms with Crippen LogP contribution in [0.2, 0.25) is 5.02 Å². The molecule has 142 valence electrons. The van der Waals surface area contributed by atoms with E-state index in [0.29, 0.717) is 11.6 Å². The smallest absolute Gasteiger partial charge is 0.323 e. The molecule has 3 rings (SSSR count). The Kier molecular flexibility index (Phi) is 5.48. The summed E-state index contributed by atoms with van der Waals surface area (Å²) in [6.07, 6.45) is 3.56. The van der Waals surface area contributed by atoms with Gasteiger partial charge in [-0.15, -0.1) is 0 Å². The molecule has 6 nitrogen and oxygen atoms in total. The van der Waals surface area contributed by atoms with E-state index in [4.69, 9.17) is 11.6 Å². The zero-order chi connectivity index (χ0) is 19.6. The van der Waals surface area contributed by atoms with E-state index in [1.54, 1.807) is 43.4 Å². The number of hydrogen-bond acceptors (Lipinski definition) is 4. The second-order valence-corrected chi connectivity index (χ2v) is 7.45. The van der Waals surface area contributed by atoms with Gasteiger partial charge >= 0.3 is 5.97 Å². The topological polar surface area (TPSA) is 82.5 Å². The highest BCUT2D eigenvalue weighted by atomic mass is 35.5. The molecule has 3 atom stereocenters. The molecule has 2 aromatic rings. The standard InChI is InChI=1S/C20H22ClN3O3/c1-20(19(26)27)10-15(18(25)23-12-13-6-5-9-22-11-13)17(24(20)2)14-7-3-4-8-16(14)21/h3-9,11,15,17H,10,12H2,1-2H3,(H,23,25)(H,26,27)/t15?,17?,20-/m0/s1. The Morgan fingerprint density at radius 1 is 1.33 bits per heavy atom. The van der Waals surface area contributed by atoms with Crippen LogP contribution >= 0.6 is 11.6 Å². The number of likely N-dealkylation sites (N-methyl/N-ethyl adjacent to an activating group) is 1. The van der Waals surface area contributed by atoms with Gasteiger partial charge in [0.25, 0.3) is 0 Å². The van der Waals surface area contributed by atoms with Gasteiger partial charge in [0.1, 0.15) is 5.54 Å².